The molecule has 1 rings (SSSR count). The van der Waals surface area contributed by atoms with Crippen LogP contribution >= 0.6 is 0 Å². The maximum atomic E-state index is 11.4. The Morgan fingerprint density at radius 1 is 1.28 bits per heavy atom. The number of esters is 1. The molecule has 1 heterocycles. The topological polar surface area (TPSA) is 97.4 Å². The zero-order chi connectivity index (χ0) is 13.4. The van der Waals surface area contributed by atoms with E-state index in [0.717, 1.165) is 0 Å². The average Bonchev–Trinajstić information content (AvgIpc) is 2.42. The first-order chi connectivity index (χ1) is 8.63. The number of aromatic nitrogens is 1. The number of nitrogens with one attached hydrogen (secondary N) is 2. The number of hydrogen-bond donors (Lipinski definition) is 2. The number of likely N-dealkylation sites (N-methyl/N-ethyl adjacent to an activating group) is 1. The van der Waals surface area contributed by atoms with Crippen molar-refractivity contribution >= 4 is 17.8 Å². The van der Waals surface area contributed by atoms with Crippen LogP contribution in [0.1, 0.15) is 10.5 Å². The van der Waals surface area contributed by atoms with E-state index >= 15 is 0 Å². The van der Waals surface area contributed by atoms with E-state index in [4.69, 9.17) is 4.74 Å². The molecule has 0 fully saturated rings. The van der Waals surface area contributed by atoms with Crippen LogP contribution in [0.3, 0.4) is 0 Å². The van der Waals surface area contributed by atoms with E-state index in [1.54, 1.807) is 12.1 Å². The molecule has 0 unspecified atom stereocenters. The molecule has 2 N–H and O–H groups in total. The van der Waals surface area contributed by atoms with Gasteiger partial charge in [0.25, 0.3) is 5.91 Å². The Balaban J connectivity index is 2.31. The SMILES string of the molecule is CNC(=O)CNC(=O)COC(=O)c1ccccn1. The van der Waals surface area contributed by atoms with Crippen molar-refractivity contribution in [3.63, 3.8) is 0 Å². The van der Waals surface area contributed by atoms with Crippen LogP contribution in [0, 0.1) is 0 Å². The second-order valence-corrected chi connectivity index (χ2v) is 3.24. The van der Waals surface area contributed by atoms with E-state index in [1.165, 1.54) is 19.3 Å². The summed E-state index contributed by atoms with van der Waals surface area (Å²) >= 11 is 0. The van der Waals surface area contributed by atoms with Gasteiger partial charge in [0.05, 0.1) is 6.54 Å². The third-order valence-electron chi connectivity index (χ3n) is 1.93. The molecule has 7 nitrogen and oxygen atoms in total. The molecule has 0 atom stereocenters. The molecule has 0 radical (unpaired) electrons. The average molecular weight is 251 g/mol. The monoisotopic (exact) mass is 251 g/mol. The van der Waals surface area contributed by atoms with Crippen molar-refractivity contribution in [2.45, 2.75) is 0 Å². The highest BCUT2D eigenvalue weighted by Crippen LogP contribution is 1.96. The number of nitrogens with zero attached hydrogens (tertiary/aromatic N) is 1. The number of ether oxygens (including phenoxy) is 1. The summed E-state index contributed by atoms with van der Waals surface area (Å²) in [6, 6.07) is 4.77. The predicted octanol–water partition coefficient (Wildman–Crippen LogP) is -0.899. The van der Waals surface area contributed by atoms with E-state index < -0.39 is 18.5 Å². The van der Waals surface area contributed by atoms with Gasteiger partial charge in [0.15, 0.2) is 6.61 Å². The largest absolute Gasteiger partial charge is 0.451 e. The molecule has 0 aliphatic rings. The van der Waals surface area contributed by atoms with Gasteiger partial charge in [-0.3, -0.25) is 9.59 Å². The molecule has 0 aliphatic heterocycles. The first kappa shape index (κ1) is 13.6. The van der Waals surface area contributed by atoms with Gasteiger partial charge in [0.2, 0.25) is 5.91 Å². The fourth-order valence-electron chi connectivity index (χ4n) is 1.01. The Bertz CT molecular complexity index is 433. The molecule has 0 saturated heterocycles. The minimum Gasteiger partial charge on any atom is -0.451 e. The molecule has 1 aromatic heterocycles. The lowest BCUT2D eigenvalue weighted by Gasteiger charge is -2.05. The van der Waals surface area contributed by atoms with Crippen LogP contribution in [0.2, 0.25) is 0 Å². The first-order valence-corrected chi connectivity index (χ1v) is 5.19. The van der Waals surface area contributed by atoms with Gasteiger partial charge in [0.1, 0.15) is 5.69 Å². The summed E-state index contributed by atoms with van der Waals surface area (Å²) in [5.41, 5.74) is 0.122. The summed E-state index contributed by atoms with van der Waals surface area (Å²) in [6.07, 6.45) is 1.45. The maximum absolute atomic E-state index is 11.4. The zero-order valence-electron chi connectivity index (χ0n) is 9.80. The van der Waals surface area contributed by atoms with Crippen molar-refractivity contribution in [2.24, 2.45) is 0 Å². The number of amides is 2. The molecule has 7 heteroatoms. The third-order valence-corrected chi connectivity index (χ3v) is 1.93. The van der Waals surface area contributed by atoms with Crippen molar-refractivity contribution < 1.29 is 19.1 Å². The molecule has 0 aromatic carbocycles. The van der Waals surface area contributed by atoms with Crippen molar-refractivity contribution in [2.75, 3.05) is 20.2 Å². The highest BCUT2D eigenvalue weighted by molar-refractivity contribution is 5.90. The Morgan fingerprint density at radius 3 is 2.67 bits per heavy atom. The van der Waals surface area contributed by atoms with Gasteiger partial charge >= 0.3 is 5.97 Å². The summed E-state index contributed by atoms with van der Waals surface area (Å²) in [5, 5.41) is 4.63. The minimum absolute atomic E-state index is 0.122. The highest BCUT2D eigenvalue weighted by atomic mass is 16.5. The lowest BCUT2D eigenvalue weighted by Crippen LogP contribution is -2.37. The van der Waals surface area contributed by atoms with Gasteiger partial charge in [-0.25, -0.2) is 9.78 Å². The Labute approximate surface area is 104 Å². The summed E-state index contributed by atoms with van der Waals surface area (Å²) in [7, 11) is 1.45. The first-order valence-electron chi connectivity index (χ1n) is 5.19. The van der Waals surface area contributed by atoms with Crippen molar-refractivity contribution in [1.82, 2.24) is 15.6 Å². The quantitative estimate of drug-likeness (QED) is 0.661. The fraction of sp³-hybridized carbons (Fsp3) is 0.273. The van der Waals surface area contributed by atoms with Gasteiger partial charge in [-0.1, -0.05) is 6.07 Å². The van der Waals surface area contributed by atoms with Crippen molar-refractivity contribution in [1.29, 1.82) is 0 Å². The molecule has 0 spiro atoms. The Kier molecular flexibility index (Phi) is 5.30. The van der Waals surface area contributed by atoms with E-state index in [-0.39, 0.29) is 18.1 Å². The lowest BCUT2D eigenvalue weighted by atomic mass is 10.3. The Hall–Kier alpha value is -2.44. The second kappa shape index (κ2) is 7.00. The van der Waals surface area contributed by atoms with Gasteiger partial charge in [-0.2, -0.15) is 0 Å². The molecular formula is C11H13N3O4. The molecule has 96 valence electrons. The Morgan fingerprint density at radius 2 is 2.06 bits per heavy atom. The highest BCUT2D eigenvalue weighted by Gasteiger charge is 2.11. The number of carbonyl (C=O) groups is 3. The van der Waals surface area contributed by atoms with E-state index in [0.29, 0.717) is 0 Å². The molecule has 0 aliphatic carbocycles. The smallest absolute Gasteiger partial charge is 0.357 e. The number of carbonyl (C=O) groups excluding carboxylic acids is 3. The van der Waals surface area contributed by atoms with Crippen LogP contribution in [0.25, 0.3) is 0 Å². The van der Waals surface area contributed by atoms with Gasteiger partial charge in [0, 0.05) is 13.2 Å². The second-order valence-electron chi connectivity index (χ2n) is 3.24. The van der Waals surface area contributed by atoms with Crippen LogP contribution in [-0.4, -0.2) is 43.0 Å². The number of rotatable bonds is 5. The van der Waals surface area contributed by atoms with Crippen molar-refractivity contribution in [3.05, 3.63) is 30.1 Å². The van der Waals surface area contributed by atoms with Crippen LogP contribution in [0.4, 0.5) is 0 Å². The molecule has 2 amide bonds. The van der Waals surface area contributed by atoms with E-state index in [9.17, 15) is 14.4 Å². The van der Waals surface area contributed by atoms with E-state index in [1.807, 2.05) is 0 Å². The predicted molar refractivity (Wildman–Crippen MR) is 61.6 cm³/mol. The minimum atomic E-state index is -0.689. The van der Waals surface area contributed by atoms with Crippen molar-refractivity contribution in [3.8, 4) is 0 Å². The van der Waals surface area contributed by atoms with Crippen LogP contribution < -0.4 is 10.6 Å². The molecule has 0 saturated carbocycles. The van der Waals surface area contributed by atoms with Crippen LogP contribution in [0.15, 0.2) is 24.4 Å². The number of pyridine rings is 1. The summed E-state index contributed by atoms with van der Waals surface area (Å²) in [6.45, 7) is -0.608. The van der Waals surface area contributed by atoms with Crippen LogP contribution in [-0.2, 0) is 14.3 Å². The zero-order valence-corrected chi connectivity index (χ0v) is 9.80. The third kappa shape index (κ3) is 4.60. The molecule has 18 heavy (non-hydrogen) atoms. The molecule has 0 bridgehead atoms. The maximum Gasteiger partial charge on any atom is 0.357 e. The normalized spacial score (nSPS) is 9.39. The lowest BCUT2D eigenvalue weighted by molar-refractivity contribution is -0.127. The fourth-order valence-corrected chi connectivity index (χ4v) is 1.01. The van der Waals surface area contributed by atoms with Gasteiger partial charge < -0.3 is 15.4 Å². The standard InChI is InChI=1S/C11H13N3O4/c1-12-9(15)6-14-10(16)7-18-11(17)8-4-2-3-5-13-8/h2-5H,6-7H2,1H3,(H,12,15)(H,14,16). The number of hydrogen-bond acceptors (Lipinski definition) is 5. The summed E-state index contributed by atoms with van der Waals surface area (Å²) in [5.74, 6) is -1.58. The summed E-state index contributed by atoms with van der Waals surface area (Å²) in [4.78, 5) is 37.2. The van der Waals surface area contributed by atoms with Gasteiger partial charge in [-0.15, -0.1) is 0 Å². The molecule has 1 aromatic rings. The summed E-state index contributed by atoms with van der Waals surface area (Å²) < 4.78 is 4.71. The molecular weight excluding hydrogens is 238 g/mol. The van der Waals surface area contributed by atoms with Gasteiger partial charge in [-0.05, 0) is 12.1 Å². The van der Waals surface area contributed by atoms with Crippen LogP contribution in [0.5, 0.6) is 0 Å². The van der Waals surface area contributed by atoms with E-state index in [2.05, 4.69) is 15.6 Å².